The highest BCUT2D eigenvalue weighted by molar-refractivity contribution is 5.82. The average Bonchev–Trinajstić information content (AvgIpc) is 2.18. The summed E-state index contributed by atoms with van der Waals surface area (Å²) in [4.78, 5) is 11.0. The van der Waals surface area contributed by atoms with Crippen LogP contribution in [0.2, 0.25) is 0 Å². The third-order valence-electron chi connectivity index (χ3n) is 1.71. The lowest BCUT2D eigenvalue weighted by molar-refractivity contribution is -0.132. The molecule has 0 aliphatic carbocycles. The van der Waals surface area contributed by atoms with Gasteiger partial charge in [-0.15, -0.1) is 0 Å². The number of hydrogen-bond donors (Lipinski definition) is 0. The van der Waals surface area contributed by atoms with E-state index >= 15 is 0 Å². The van der Waals surface area contributed by atoms with Gasteiger partial charge in [-0.25, -0.2) is 4.79 Å². The predicted octanol–water partition coefficient (Wildman–Crippen LogP) is 3.59. The van der Waals surface area contributed by atoms with Crippen molar-refractivity contribution in [2.45, 2.75) is 46.0 Å². The number of ether oxygens (including phenoxy) is 1. The van der Waals surface area contributed by atoms with Crippen LogP contribution in [0.25, 0.3) is 0 Å². The minimum absolute atomic E-state index is 0.286. The molecule has 0 spiro atoms. The van der Waals surface area contributed by atoms with Crippen LogP contribution in [0, 0.1) is 0 Å². The van der Waals surface area contributed by atoms with E-state index in [1.807, 2.05) is 12.2 Å². The molecule has 0 aromatic carbocycles. The molecule has 0 amide bonds. The lowest BCUT2D eigenvalue weighted by atomic mass is 10.2. The van der Waals surface area contributed by atoms with Gasteiger partial charge in [0.15, 0.2) is 0 Å². The van der Waals surface area contributed by atoms with Gasteiger partial charge in [0.05, 0.1) is 6.26 Å². The van der Waals surface area contributed by atoms with Crippen molar-refractivity contribution >= 4 is 5.97 Å². The molecule has 0 aliphatic heterocycles. The minimum Gasteiger partial charge on any atom is -0.432 e. The van der Waals surface area contributed by atoms with Gasteiger partial charge >= 0.3 is 5.97 Å². The number of esters is 1. The molecule has 0 aromatic rings. The zero-order valence-corrected chi connectivity index (χ0v) is 9.16. The molecule has 0 atom stereocenters. The van der Waals surface area contributed by atoms with Gasteiger partial charge in [-0.1, -0.05) is 32.8 Å². The normalized spacial score (nSPS) is 11.3. The number of hydrogen-bond acceptors (Lipinski definition) is 2. The molecule has 0 unspecified atom stereocenters. The maximum Gasteiger partial charge on any atom is 0.335 e. The first-order valence-electron chi connectivity index (χ1n) is 5.33. The lowest BCUT2D eigenvalue weighted by Gasteiger charge is -1.92. The van der Waals surface area contributed by atoms with Crippen molar-refractivity contribution in [1.29, 1.82) is 0 Å². The molecule has 0 rings (SSSR count). The van der Waals surface area contributed by atoms with Crippen LogP contribution in [0.3, 0.4) is 0 Å². The van der Waals surface area contributed by atoms with Gasteiger partial charge in [0.25, 0.3) is 0 Å². The number of allylic oxidation sites excluding steroid dienone is 2. The number of rotatable bonds is 7. The molecule has 80 valence electrons. The molecule has 2 heteroatoms. The maximum absolute atomic E-state index is 11.0. The second kappa shape index (κ2) is 10.0. The second-order valence-corrected chi connectivity index (χ2v) is 3.14. The monoisotopic (exact) mass is 196 g/mol. The van der Waals surface area contributed by atoms with E-state index < -0.39 is 0 Å². The topological polar surface area (TPSA) is 26.3 Å². The molecule has 14 heavy (non-hydrogen) atoms. The zero-order chi connectivity index (χ0) is 10.6. The van der Waals surface area contributed by atoms with Gasteiger partial charge in [-0.2, -0.15) is 0 Å². The number of carbonyl (C=O) groups is 1. The molecule has 0 N–H and O–H groups in total. The fourth-order valence-electron chi connectivity index (χ4n) is 0.891. The van der Waals surface area contributed by atoms with Crippen LogP contribution in [0.5, 0.6) is 0 Å². The van der Waals surface area contributed by atoms with Crippen molar-refractivity contribution in [1.82, 2.24) is 0 Å². The van der Waals surface area contributed by atoms with Crippen molar-refractivity contribution in [3.63, 3.8) is 0 Å². The van der Waals surface area contributed by atoms with Crippen LogP contribution in [0.15, 0.2) is 24.5 Å². The van der Waals surface area contributed by atoms with E-state index in [1.54, 1.807) is 0 Å². The summed E-state index contributed by atoms with van der Waals surface area (Å²) in [5.74, 6) is -0.286. The molecule has 0 fully saturated rings. The Bertz CT molecular complexity index is 192. The Morgan fingerprint density at radius 1 is 1.14 bits per heavy atom. The largest absolute Gasteiger partial charge is 0.432 e. The lowest BCUT2D eigenvalue weighted by Crippen LogP contribution is -1.93. The Balaban J connectivity index is 3.47. The van der Waals surface area contributed by atoms with E-state index in [1.165, 1.54) is 12.3 Å². The fourth-order valence-corrected chi connectivity index (χ4v) is 0.891. The van der Waals surface area contributed by atoms with Gasteiger partial charge < -0.3 is 4.74 Å². The molecule has 0 saturated carbocycles. The molecular formula is C12H20O2. The van der Waals surface area contributed by atoms with Gasteiger partial charge in [-0.3, -0.25) is 0 Å². The zero-order valence-electron chi connectivity index (χ0n) is 9.16. The molecule has 0 radical (unpaired) electrons. The second-order valence-electron chi connectivity index (χ2n) is 3.14. The Hall–Kier alpha value is -1.05. The van der Waals surface area contributed by atoms with Crippen molar-refractivity contribution < 1.29 is 9.53 Å². The van der Waals surface area contributed by atoms with E-state index in [2.05, 4.69) is 13.8 Å². The predicted molar refractivity (Wildman–Crippen MR) is 58.8 cm³/mol. The van der Waals surface area contributed by atoms with Crippen LogP contribution < -0.4 is 0 Å². The van der Waals surface area contributed by atoms with E-state index in [-0.39, 0.29) is 5.97 Å². The molecule has 0 aromatic heterocycles. The fraction of sp³-hybridized carbons (Fsp3) is 0.583. The summed E-state index contributed by atoms with van der Waals surface area (Å²) in [6.45, 7) is 4.20. The Labute approximate surface area is 86.6 Å². The summed E-state index contributed by atoms with van der Waals surface area (Å²) in [5, 5.41) is 0. The summed E-state index contributed by atoms with van der Waals surface area (Å²) in [7, 11) is 0. The Morgan fingerprint density at radius 3 is 2.57 bits per heavy atom. The third kappa shape index (κ3) is 9.04. The first-order valence-corrected chi connectivity index (χ1v) is 5.33. The maximum atomic E-state index is 11.0. The molecule has 0 heterocycles. The molecular weight excluding hydrogens is 176 g/mol. The van der Waals surface area contributed by atoms with Crippen molar-refractivity contribution in [2.75, 3.05) is 0 Å². The minimum atomic E-state index is -0.286. The Kier molecular flexibility index (Phi) is 9.28. The van der Waals surface area contributed by atoms with E-state index in [9.17, 15) is 4.79 Å². The summed E-state index contributed by atoms with van der Waals surface area (Å²) in [5.41, 5.74) is 0. The van der Waals surface area contributed by atoms with Crippen molar-refractivity contribution in [2.24, 2.45) is 0 Å². The highest BCUT2D eigenvalue weighted by Gasteiger charge is 1.90. The quantitative estimate of drug-likeness (QED) is 0.269. The summed E-state index contributed by atoms with van der Waals surface area (Å²) in [6, 6.07) is 0. The van der Waals surface area contributed by atoms with Crippen LogP contribution in [0.1, 0.15) is 46.0 Å². The SMILES string of the molecule is CCC/C=C\C(=O)O/C=C/CCCC. The van der Waals surface area contributed by atoms with Gasteiger partial charge in [0.2, 0.25) is 0 Å². The first kappa shape index (κ1) is 12.9. The highest BCUT2D eigenvalue weighted by atomic mass is 16.5. The van der Waals surface area contributed by atoms with E-state index in [0.717, 1.165) is 32.1 Å². The van der Waals surface area contributed by atoms with Crippen molar-refractivity contribution in [3.8, 4) is 0 Å². The highest BCUT2D eigenvalue weighted by Crippen LogP contribution is 1.96. The molecule has 0 aliphatic rings. The van der Waals surface area contributed by atoms with Crippen LogP contribution >= 0.6 is 0 Å². The van der Waals surface area contributed by atoms with Gasteiger partial charge in [0, 0.05) is 6.08 Å². The van der Waals surface area contributed by atoms with Crippen LogP contribution in [0.4, 0.5) is 0 Å². The van der Waals surface area contributed by atoms with E-state index in [4.69, 9.17) is 4.74 Å². The third-order valence-corrected chi connectivity index (χ3v) is 1.71. The average molecular weight is 196 g/mol. The van der Waals surface area contributed by atoms with Crippen LogP contribution in [-0.4, -0.2) is 5.97 Å². The van der Waals surface area contributed by atoms with Gasteiger partial charge in [0.1, 0.15) is 0 Å². The summed E-state index contributed by atoms with van der Waals surface area (Å²) < 4.78 is 4.83. The first-order chi connectivity index (χ1) is 6.81. The Morgan fingerprint density at radius 2 is 1.93 bits per heavy atom. The number of carbonyl (C=O) groups excluding carboxylic acids is 1. The molecule has 2 nitrogen and oxygen atoms in total. The summed E-state index contributed by atoms with van der Waals surface area (Å²) >= 11 is 0. The van der Waals surface area contributed by atoms with Crippen LogP contribution in [-0.2, 0) is 9.53 Å². The molecule has 0 saturated heterocycles. The van der Waals surface area contributed by atoms with Gasteiger partial charge in [-0.05, 0) is 25.3 Å². The smallest absolute Gasteiger partial charge is 0.335 e. The molecule has 0 bridgehead atoms. The van der Waals surface area contributed by atoms with E-state index in [0.29, 0.717) is 0 Å². The van der Waals surface area contributed by atoms with Crippen molar-refractivity contribution in [3.05, 3.63) is 24.5 Å². The number of unbranched alkanes of at least 4 members (excludes halogenated alkanes) is 3. The summed E-state index contributed by atoms with van der Waals surface area (Å²) in [6.07, 6.45) is 11.9. The standard InChI is InChI=1S/C12H20O2/c1-3-5-7-9-11-14-12(13)10-8-6-4-2/h8-11H,3-7H2,1-2H3/b10-8-,11-9+.